The van der Waals surface area contributed by atoms with Crippen LogP contribution in [0.1, 0.15) is 29.2 Å². The van der Waals surface area contributed by atoms with Crippen molar-refractivity contribution in [1.82, 2.24) is 25.0 Å². The lowest BCUT2D eigenvalue weighted by Crippen LogP contribution is -2.32. The Balaban J connectivity index is 1.11. The number of carbonyl (C=O) groups is 1. The topological polar surface area (TPSA) is 81.5 Å². The fourth-order valence-electron chi connectivity index (χ4n) is 4.46. The molecule has 1 atom stereocenters. The molecular weight excluding hydrogens is 430 g/mol. The summed E-state index contributed by atoms with van der Waals surface area (Å²) in [6, 6.07) is 18.6. The van der Waals surface area contributed by atoms with Crippen LogP contribution in [0, 0.1) is 5.92 Å². The molecule has 2 aliphatic heterocycles. The van der Waals surface area contributed by atoms with Gasteiger partial charge in [0.15, 0.2) is 5.82 Å². The molecule has 1 fully saturated rings. The van der Waals surface area contributed by atoms with Gasteiger partial charge in [0.25, 0.3) is 0 Å². The van der Waals surface area contributed by atoms with E-state index in [1.165, 1.54) is 5.56 Å². The van der Waals surface area contributed by atoms with E-state index in [1.54, 1.807) is 0 Å². The van der Waals surface area contributed by atoms with E-state index in [1.807, 2.05) is 30.3 Å². The summed E-state index contributed by atoms with van der Waals surface area (Å²) in [5.74, 6) is 2.69. The number of rotatable bonds is 8. The summed E-state index contributed by atoms with van der Waals surface area (Å²) in [6.45, 7) is 5.70. The van der Waals surface area contributed by atoms with Gasteiger partial charge in [0, 0.05) is 39.2 Å². The predicted octanol–water partition coefficient (Wildman–Crippen LogP) is 2.57. The summed E-state index contributed by atoms with van der Waals surface area (Å²) in [7, 11) is 0. The number of carbonyl (C=O) groups excluding carboxylic acids is 1. The molecule has 5 rings (SSSR count). The number of nitrogens with zero attached hydrogens (tertiary/aromatic N) is 4. The van der Waals surface area contributed by atoms with E-state index >= 15 is 0 Å². The summed E-state index contributed by atoms with van der Waals surface area (Å²) in [5.41, 5.74) is 2.42. The Morgan fingerprint density at radius 2 is 1.88 bits per heavy atom. The molecule has 178 valence electrons. The third kappa shape index (κ3) is 5.63. The summed E-state index contributed by atoms with van der Waals surface area (Å²) in [6.07, 6.45) is 1.63. The number of hydrogen-bond donors (Lipinski definition) is 1. The zero-order chi connectivity index (χ0) is 23.2. The minimum Gasteiger partial charge on any atom is -0.489 e. The van der Waals surface area contributed by atoms with Gasteiger partial charge in [-0.1, -0.05) is 42.5 Å². The SMILES string of the molecule is O=C(NCc1nnc2n1CCN(Cc1ccc(OCc3ccccc3)cc1)CC2)[C@H]1CCOC1. The van der Waals surface area contributed by atoms with Crippen LogP contribution in [0.4, 0.5) is 0 Å². The van der Waals surface area contributed by atoms with E-state index in [2.05, 4.69) is 49.2 Å². The van der Waals surface area contributed by atoms with Crippen LogP contribution in [0.5, 0.6) is 5.75 Å². The third-order valence-electron chi connectivity index (χ3n) is 6.49. The Bertz CT molecular complexity index is 1080. The van der Waals surface area contributed by atoms with Crippen LogP contribution in [-0.2, 0) is 42.2 Å². The summed E-state index contributed by atoms with van der Waals surface area (Å²) in [4.78, 5) is 14.7. The normalized spacial score (nSPS) is 18.3. The largest absolute Gasteiger partial charge is 0.489 e. The highest BCUT2D eigenvalue weighted by Gasteiger charge is 2.24. The molecule has 3 aromatic rings. The number of ether oxygens (including phenoxy) is 2. The van der Waals surface area contributed by atoms with Crippen LogP contribution in [0.2, 0.25) is 0 Å². The Labute approximate surface area is 199 Å². The maximum Gasteiger partial charge on any atom is 0.225 e. The van der Waals surface area contributed by atoms with Crippen LogP contribution < -0.4 is 10.1 Å². The molecule has 0 bridgehead atoms. The Kier molecular flexibility index (Phi) is 7.16. The molecule has 0 unspecified atom stereocenters. The Morgan fingerprint density at radius 3 is 2.68 bits per heavy atom. The minimum absolute atomic E-state index is 0.0429. The molecular formula is C26H31N5O3. The zero-order valence-corrected chi connectivity index (χ0v) is 19.4. The van der Waals surface area contributed by atoms with Gasteiger partial charge < -0.3 is 19.4 Å². The van der Waals surface area contributed by atoms with Gasteiger partial charge in [-0.2, -0.15) is 0 Å². The molecule has 1 N–H and O–H groups in total. The second kappa shape index (κ2) is 10.8. The van der Waals surface area contributed by atoms with Crippen molar-refractivity contribution in [1.29, 1.82) is 0 Å². The van der Waals surface area contributed by atoms with Gasteiger partial charge in [-0.25, -0.2) is 0 Å². The first-order valence-electron chi connectivity index (χ1n) is 12.0. The summed E-state index contributed by atoms with van der Waals surface area (Å²) >= 11 is 0. The highest BCUT2D eigenvalue weighted by atomic mass is 16.5. The zero-order valence-electron chi connectivity index (χ0n) is 19.4. The number of nitrogens with one attached hydrogen (secondary N) is 1. The van der Waals surface area contributed by atoms with Gasteiger partial charge in [0.1, 0.15) is 18.2 Å². The van der Waals surface area contributed by atoms with Crippen molar-refractivity contribution in [3.8, 4) is 5.75 Å². The van der Waals surface area contributed by atoms with Crippen molar-refractivity contribution in [2.45, 2.75) is 39.1 Å². The number of aromatic nitrogens is 3. The van der Waals surface area contributed by atoms with E-state index in [0.29, 0.717) is 26.4 Å². The van der Waals surface area contributed by atoms with Crippen molar-refractivity contribution in [2.24, 2.45) is 5.92 Å². The quantitative estimate of drug-likeness (QED) is 0.555. The molecule has 0 saturated carbocycles. The lowest BCUT2D eigenvalue weighted by atomic mass is 10.1. The van der Waals surface area contributed by atoms with Gasteiger partial charge in [-0.15, -0.1) is 10.2 Å². The summed E-state index contributed by atoms with van der Waals surface area (Å²) in [5, 5.41) is 11.7. The average molecular weight is 462 g/mol. The fourth-order valence-corrected chi connectivity index (χ4v) is 4.46. The van der Waals surface area contributed by atoms with Gasteiger partial charge in [0.05, 0.1) is 19.1 Å². The molecule has 8 heteroatoms. The summed E-state index contributed by atoms with van der Waals surface area (Å²) < 4.78 is 13.4. The van der Waals surface area contributed by atoms with Crippen LogP contribution in [0.25, 0.3) is 0 Å². The van der Waals surface area contributed by atoms with Gasteiger partial charge >= 0.3 is 0 Å². The average Bonchev–Trinajstić information content (AvgIpc) is 3.51. The predicted molar refractivity (Wildman–Crippen MR) is 127 cm³/mol. The monoisotopic (exact) mass is 461 g/mol. The molecule has 2 aliphatic rings. The number of hydrogen-bond acceptors (Lipinski definition) is 6. The van der Waals surface area contributed by atoms with Crippen LogP contribution in [-0.4, -0.2) is 51.9 Å². The van der Waals surface area contributed by atoms with E-state index < -0.39 is 0 Å². The van der Waals surface area contributed by atoms with E-state index in [9.17, 15) is 4.79 Å². The molecule has 34 heavy (non-hydrogen) atoms. The third-order valence-corrected chi connectivity index (χ3v) is 6.49. The van der Waals surface area contributed by atoms with Crippen molar-refractivity contribution < 1.29 is 14.3 Å². The maximum atomic E-state index is 12.3. The lowest BCUT2D eigenvalue weighted by molar-refractivity contribution is -0.125. The first kappa shape index (κ1) is 22.6. The van der Waals surface area contributed by atoms with Gasteiger partial charge in [0.2, 0.25) is 5.91 Å². The second-order valence-electron chi connectivity index (χ2n) is 8.91. The van der Waals surface area contributed by atoms with E-state index in [0.717, 1.165) is 62.0 Å². The molecule has 0 spiro atoms. The van der Waals surface area contributed by atoms with Crippen molar-refractivity contribution in [2.75, 3.05) is 26.3 Å². The molecule has 3 heterocycles. The first-order chi connectivity index (χ1) is 16.7. The number of amides is 1. The van der Waals surface area contributed by atoms with Crippen LogP contribution in [0.15, 0.2) is 54.6 Å². The van der Waals surface area contributed by atoms with Crippen molar-refractivity contribution in [3.63, 3.8) is 0 Å². The highest BCUT2D eigenvalue weighted by Crippen LogP contribution is 2.18. The van der Waals surface area contributed by atoms with Crippen molar-refractivity contribution >= 4 is 5.91 Å². The first-order valence-corrected chi connectivity index (χ1v) is 12.0. The lowest BCUT2D eigenvalue weighted by Gasteiger charge is -2.20. The van der Waals surface area contributed by atoms with Gasteiger partial charge in [-0.05, 0) is 29.7 Å². The Morgan fingerprint density at radius 1 is 1.03 bits per heavy atom. The second-order valence-corrected chi connectivity index (χ2v) is 8.91. The van der Waals surface area contributed by atoms with E-state index in [4.69, 9.17) is 9.47 Å². The standard InChI is InChI=1S/C26H31N5O3/c32-26(22-11-15-33-19-22)27-16-25-29-28-24-10-12-30(13-14-31(24)25)17-20-6-8-23(9-7-20)34-18-21-4-2-1-3-5-21/h1-9,22H,10-19H2,(H,27,32)/t22-/m0/s1. The molecule has 1 aromatic heterocycles. The molecule has 2 aromatic carbocycles. The molecule has 1 saturated heterocycles. The molecule has 1 amide bonds. The van der Waals surface area contributed by atoms with E-state index in [-0.39, 0.29) is 11.8 Å². The minimum atomic E-state index is -0.0443. The van der Waals surface area contributed by atoms with Crippen LogP contribution in [0.3, 0.4) is 0 Å². The fraction of sp³-hybridized carbons (Fsp3) is 0.423. The number of benzene rings is 2. The van der Waals surface area contributed by atoms with Gasteiger partial charge in [-0.3, -0.25) is 9.69 Å². The molecule has 0 radical (unpaired) electrons. The smallest absolute Gasteiger partial charge is 0.225 e. The number of fused-ring (bicyclic) bond motifs is 1. The highest BCUT2D eigenvalue weighted by molar-refractivity contribution is 5.78. The van der Waals surface area contributed by atoms with Crippen molar-refractivity contribution in [3.05, 3.63) is 77.4 Å². The van der Waals surface area contributed by atoms with Crippen LogP contribution >= 0.6 is 0 Å². The maximum absolute atomic E-state index is 12.3. The Hall–Kier alpha value is -3.23. The molecule has 0 aliphatic carbocycles. The molecule has 8 nitrogen and oxygen atoms in total.